The first-order valence-corrected chi connectivity index (χ1v) is 5.77. The number of rotatable bonds is 3. The van der Waals surface area contributed by atoms with Crippen LogP contribution in [0.4, 0.5) is 0 Å². The number of hydrogen-bond acceptors (Lipinski definition) is 4. The number of hydrogen-bond donors (Lipinski definition) is 1. The summed E-state index contributed by atoms with van der Waals surface area (Å²) in [6, 6.07) is 0. The van der Waals surface area contributed by atoms with E-state index in [0.717, 1.165) is 24.2 Å². The summed E-state index contributed by atoms with van der Waals surface area (Å²) in [4.78, 5) is 4.15. The Balaban J connectivity index is 1.65. The van der Waals surface area contributed by atoms with Crippen molar-refractivity contribution in [1.29, 1.82) is 0 Å². The van der Waals surface area contributed by atoms with E-state index in [1.807, 2.05) is 0 Å². The Morgan fingerprint density at radius 1 is 1.33 bits per heavy atom. The Morgan fingerprint density at radius 2 is 2.27 bits per heavy atom. The van der Waals surface area contributed by atoms with Gasteiger partial charge in [0.15, 0.2) is 5.82 Å². The lowest BCUT2D eigenvalue weighted by molar-refractivity contribution is 0.259. The molecule has 0 aromatic carbocycles. The molecule has 1 aromatic rings. The Labute approximate surface area is 88.7 Å². The van der Waals surface area contributed by atoms with Crippen LogP contribution in [-0.2, 0) is 13.0 Å². The lowest BCUT2D eigenvalue weighted by Crippen LogP contribution is -2.13. The third-order valence-corrected chi connectivity index (χ3v) is 3.97. The van der Waals surface area contributed by atoms with Crippen LogP contribution in [0.3, 0.4) is 0 Å². The summed E-state index contributed by atoms with van der Waals surface area (Å²) in [7, 11) is 0. The van der Waals surface area contributed by atoms with E-state index in [9.17, 15) is 0 Å². The van der Waals surface area contributed by atoms with Gasteiger partial charge in [0.25, 0.3) is 0 Å². The highest BCUT2D eigenvalue weighted by Gasteiger charge is 2.39. The minimum atomic E-state index is -0.125. The zero-order chi connectivity index (χ0) is 10.3. The molecule has 2 aliphatic carbocycles. The Kier molecular flexibility index (Phi) is 2.24. The van der Waals surface area contributed by atoms with E-state index in [1.165, 1.54) is 25.7 Å². The molecule has 1 aromatic heterocycles. The molecule has 2 fully saturated rings. The van der Waals surface area contributed by atoms with Crippen molar-refractivity contribution < 1.29 is 9.63 Å². The SMILES string of the molecule is OCc1noc(CC2CC3CCC2C3)n1. The molecule has 3 unspecified atom stereocenters. The standard InChI is InChI=1S/C11H16N2O2/c14-6-10-12-11(15-13-10)5-9-4-7-1-2-8(9)3-7/h7-9,14H,1-6H2. The molecule has 0 aliphatic heterocycles. The van der Waals surface area contributed by atoms with Crippen molar-refractivity contribution in [3.8, 4) is 0 Å². The molecule has 0 spiro atoms. The molecule has 0 saturated heterocycles. The fourth-order valence-electron chi connectivity index (χ4n) is 3.29. The van der Waals surface area contributed by atoms with Crippen LogP contribution in [0.1, 0.15) is 37.4 Å². The second-order valence-electron chi connectivity index (χ2n) is 4.90. The molecule has 0 radical (unpaired) electrons. The Morgan fingerprint density at radius 3 is 2.87 bits per heavy atom. The molecule has 1 heterocycles. The number of aromatic nitrogens is 2. The summed E-state index contributed by atoms with van der Waals surface area (Å²) in [5, 5.41) is 12.5. The summed E-state index contributed by atoms with van der Waals surface area (Å²) in [6.45, 7) is -0.125. The van der Waals surface area contributed by atoms with Gasteiger partial charge in [-0.25, -0.2) is 0 Å². The van der Waals surface area contributed by atoms with Crippen molar-refractivity contribution in [2.24, 2.45) is 17.8 Å². The third-order valence-electron chi connectivity index (χ3n) is 3.97. The van der Waals surface area contributed by atoms with Crippen molar-refractivity contribution in [3.05, 3.63) is 11.7 Å². The van der Waals surface area contributed by atoms with E-state index >= 15 is 0 Å². The number of aliphatic hydroxyl groups excluding tert-OH is 1. The normalized spacial score (nSPS) is 33.8. The summed E-state index contributed by atoms with van der Waals surface area (Å²) < 4.78 is 5.10. The van der Waals surface area contributed by atoms with Crippen LogP contribution in [0.15, 0.2) is 4.52 Å². The first-order valence-electron chi connectivity index (χ1n) is 5.77. The van der Waals surface area contributed by atoms with Crippen molar-refractivity contribution in [3.63, 3.8) is 0 Å². The Bertz CT molecular complexity index is 350. The van der Waals surface area contributed by atoms with Gasteiger partial charge in [0.05, 0.1) is 0 Å². The van der Waals surface area contributed by atoms with Crippen molar-refractivity contribution >= 4 is 0 Å². The largest absolute Gasteiger partial charge is 0.388 e. The van der Waals surface area contributed by atoms with Gasteiger partial charge in [-0.1, -0.05) is 11.6 Å². The van der Waals surface area contributed by atoms with E-state index in [4.69, 9.17) is 9.63 Å². The maximum Gasteiger partial charge on any atom is 0.227 e. The Hall–Kier alpha value is -0.900. The fraction of sp³-hybridized carbons (Fsp3) is 0.818. The van der Waals surface area contributed by atoms with E-state index in [1.54, 1.807) is 0 Å². The highest BCUT2D eigenvalue weighted by atomic mass is 16.5. The molecule has 1 N–H and O–H groups in total. The third kappa shape index (κ3) is 1.67. The summed E-state index contributed by atoms with van der Waals surface area (Å²) in [6.07, 6.45) is 6.46. The van der Waals surface area contributed by atoms with Gasteiger partial charge in [-0.05, 0) is 37.0 Å². The van der Waals surface area contributed by atoms with Gasteiger partial charge in [-0.3, -0.25) is 0 Å². The average molecular weight is 208 g/mol. The highest BCUT2D eigenvalue weighted by Crippen LogP contribution is 2.49. The van der Waals surface area contributed by atoms with Crippen LogP contribution in [-0.4, -0.2) is 15.2 Å². The monoisotopic (exact) mass is 208 g/mol. The van der Waals surface area contributed by atoms with Gasteiger partial charge in [0.1, 0.15) is 6.61 Å². The smallest absolute Gasteiger partial charge is 0.227 e. The highest BCUT2D eigenvalue weighted by molar-refractivity contribution is 4.95. The summed E-state index contributed by atoms with van der Waals surface area (Å²) in [5.41, 5.74) is 0. The fourth-order valence-corrected chi connectivity index (χ4v) is 3.29. The van der Waals surface area contributed by atoms with Gasteiger partial charge in [-0.15, -0.1) is 0 Å². The second-order valence-corrected chi connectivity index (χ2v) is 4.90. The van der Waals surface area contributed by atoms with Gasteiger partial charge < -0.3 is 9.63 Å². The molecule has 15 heavy (non-hydrogen) atoms. The van der Waals surface area contributed by atoms with Crippen molar-refractivity contribution in [2.45, 2.75) is 38.7 Å². The minimum Gasteiger partial charge on any atom is -0.388 e. The predicted molar refractivity (Wildman–Crippen MR) is 52.9 cm³/mol. The van der Waals surface area contributed by atoms with Gasteiger partial charge in [0.2, 0.25) is 5.89 Å². The van der Waals surface area contributed by atoms with Gasteiger partial charge >= 0.3 is 0 Å². The quantitative estimate of drug-likeness (QED) is 0.818. The summed E-state index contributed by atoms with van der Waals surface area (Å²) >= 11 is 0. The molecular weight excluding hydrogens is 192 g/mol. The van der Waals surface area contributed by atoms with Crippen LogP contribution in [0.2, 0.25) is 0 Å². The molecule has 0 amide bonds. The maximum atomic E-state index is 8.83. The topological polar surface area (TPSA) is 59.2 Å². The van der Waals surface area contributed by atoms with E-state index in [0.29, 0.717) is 11.7 Å². The van der Waals surface area contributed by atoms with Gasteiger partial charge in [0, 0.05) is 6.42 Å². The van der Waals surface area contributed by atoms with Crippen LogP contribution in [0.25, 0.3) is 0 Å². The molecule has 4 heteroatoms. The van der Waals surface area contributed by atoms with Crippen LogP contribution in [0, 0.1) is 17.8 Å². The zero-order valence-electron chi connectivity index (χ0n) is 8.72. The molecule has 3 atom stereocenters. The molecular formula is C11H16N2O2. The van der Waals surface area contributed by atoms with Gasteiger partial charge in [-0.2, -0.15) is 4.98 Å². The van der Waals surface area contributed by atoms with E-state index < -0.39 is 0 Å². The number of aliphatic hydroxyl groups is 1. The van der Waals surface area contributed by atoms with Crippen LogP contribution >= 0.6 is 0 Å². The lowest BCUT2D eigenvalue weighted by Gasteiger charge is -2.19. The average Bonchev–Trinajstić information content (AvgIpc) is 2.92. The molecule has 2 saturated carbocycles. The second kappa shape index (κ2) is 3.59. The van der Waals surface area contributed by atoms with E-state index in [-0.39, 0.29) is 6.61 Å². The molecule has 82 valence electrons. The summed E-state index contributed by atoms with van der Waals surface area (Å²) in [5.74, 6) is 3.71. The first kappa shape index (κ1) is 9.33. The molecule has 2 bridgehead atoms. The molecule has 4 nitrogen and oxygen atoms in total. The number of fused-ring (bicyclic) bond motifs is 2. The minimum absolute atomic E-state index is 0.125. The zero-order valence-corrected chi connectivity index (χ0v) is 8.72. The van der Waals surface area contributed by atoms with Crippen LogP contribution < -0.4 is 0 Å². The van der Waals surface area contributed by atoms with Crippen molar-refractivity contribution in [2.75, 3.05) is 0 Å². The van der Waals surface area contributed by atoms with Crippen molar-refractivity contribution in [1.82, 2.24) is 10.1 Å². The molecule has 3 rings (SSSR count). The first-order chi connectivity index (χ1) is 7.35. The number of nitrogens with zero attached hydrogens (tertiary/aromatic N) is 2. The molecule has 2 aliphatic rings. The lowest BCUT2D eigenvalue weighted by atomic mass is 9.86. The maximum absolute atomic E-state index is 8.83. The predicted octanol–water partition coefficient (Wildman–Crippen LogP) is 1.54. The van der Waals surface area contributed by atoms with Crippen LogP contribution in [0.5, 0.6) is 0 Å². The van der Waals surface area contributed by atoms with E-state index in [2.05, 4.69) is 10.1 Å².